The average Bonchev–Trinajstić information content (AvgIpc) is 3.03. The van der Waals surface area contributed by atoms with Crippen molar-refractivity contribution in [2.24, 2.45) is 4.99 Å². The van der Waals surface area contributed by atoms with Crippen LogP contribution in [0.2, 0.25) is 5.02 Å². The van der Waals surface area contributed by atoms with Crippen LogP contribution in [0.3, 0.4) is 0 Å². The Morgan fingerprint density at radius 3 is 2.96 bits per heavy atom. The van der Waals surface area contributed by atoms with Gasteiger partial charge in [0.1, 0.15) is 11.1 Å². The van der Waals surface area contributed by atoms with Gasteiger partial charge in [-0.3, -0.25) is 4.99 Å². The zero-order valence-electron chi connectivity index (χ0n) is 14.4. The lowest BCUT2D eigenvalue weighted by molar-refractivity contribution is 0.119. The number of guanidine groups is 1. The number of aliphatic imine (C=N–C) groups is 1. The molecule has 0 fully saturated rings. The fourth-order valence-electron chi connectivity index (χ4n) is 2.21. The number of nitrogens with one attached hydrogen (secondary N) is 1. The molecule has 1 heterocycles. The van der Waals surface area contributed by atoms with Gasteiger partial charge >= 0.3 is 0 Å². The first-order valence-electron chi connectivity index (χ1n) is 7.66. The van der Waals surface area contributed by atoms with E-state index < -0.39 is 0 Å². The number of ether oxygens (including phenoxy) is 1. The molecule has 2 rings (SSSR count). The lowest BCUT2D eigenvalue weighted by Gasteiger charge is -2.21. The van der Waals surface area contributed by atoms with E-state index in [1.54, 1.807) is 25.5 Å². The normalized spacial score (nSPS) is 13.0. The van der Waals surface area contributed by atoms with Crippen molar-refractivity contribution in [1.82, 2.24) is 15.2 Å². The van der Waals surface area contributed by atoms with Crippen LogP contribution in [0.4, 0.5) is 0 Å². The zero-order chi connectivity index (χ0) is 17.5. The van der Waals surface area contributed by atoms with Crippen molar-refractivity contribution in [2.75, 3.05) is 21.2 Å². The molecule has 1 aromatic carbocycles. The Kier molecular flexibility index (Phi) is 7.02. The number of thiazole rings is 1. The molecule has 0 saturated carbocycles. The summed E-state index contributed by atoms with van der Waals surface area (Å²) in [6.07, 6.45) is 0.0225. The van der Waals surface area contributed by atoms with Crippen molar-refractivity contribution in [2.45, 2.75) is 26.1 Å². The quantitative estimate of drug-likeness (QED) is 0.625. The highest BCUT2D eigenvalue weighted by Gasteiger charge is 2.12. The van der Waals surface area contributed by atoms with Crippen LogP contribution >= 0.6 is 22.9 Å². The predicted molar refractivity (Wildman–Crippen MR) is 101 cm³/mol. The summed E-state index contributed by atoms with van der Waals surface area (Å²) in [6, 6.07) is 7.79. The van der Waals surface area contributed by atoms with E-state index in [9.17, 15) is 0 Å². The predicted octanol–water partition coefficient (Wildman–Crippen LogP) is 3.71. The zero-order valence-corrected chi connectivity index (χ0v) is 16.0. The molecule has 0 amide bonds. The smallest absolute Gasteiger partial charge is 0.194 e. The highest BCUT2D eigenvalue weighted by Crippen LogP contribution is 2.21. The maximum Gasteiger partial charge on any atom is 0.194 e. The Labute approximate surface area is 152 Å². The molecule has 0 aliphatic heterocycles. The Balaban J connectivity index is 1.94. The SMILES string of the molecule is CN=C(NCc1cccc(Cl)c1)N(C)Cc1csc(C(C)OC)n1. The van der Waals surface area contributed by atoms with Crippen molar-refractivity contribution < 1.29 is 4.74 Å². The van der Waals surface area contributed by atoms with E-state index in [0.717, 1.165) is 27.2 Å². The summed E-state index contributed by atoms with van der Waals surface area (Å²) >= 11 is 7.64. The fourth-order valence-corrected chi connectivity index (χ4v) is 3.27. The lowest BCUT2D eigenvalue weighted by Crippen LogP contribution is -2.38. The van der Waals surface area contributed by atoms with Crippen LogP contribution in [0, 0.1) is 0 Å². The van der Waals surface area contributed by atoms with E-state index in [-0.39, 0.29) is 6.10 Å². The highest BCUT2D eigenvalue weighted by molar-refractivity contribution is 7.09. The summed E-state index contributed by atoms with van der Waals surface area (Å²) in [7, 11) is 5.46. The van der Waals surface area contributed by atoms with Crippen molar-refractivity contribution in [3.8, 4) is 0 Å². The molecule has 7 heteroatoms. The molecule has 2 aromatic rings. The van der Waals surface area contributed by atoms with E-state index in [2.05, 4.69) is 20.7 Å². The van der Waals surface area contributed by atoms with Crippen LogP contribution in [-0.4, -0.2) is 37.0 Å². The third-order valence-electron chi connectivity index (χ3n) is 3.58. The van der Waals surface area contributed by atoms with Crippen molar-refractivity contribution in [3.63, 3.8) is 0 Å². The molecule has 0 spiro atoms. The second-order valence-electron chi connectivity index (χ2n) is 5.44. The molecule has 1 atom stereocenters. The van der Waals surface area contributed by atoms with Crippen LogP contribution in [0.5, 0.6) is 0 Å². The van der Waals surface area contributed by atoms with Gasteiger partial charge in [0, 0.05) is 38.2 Å². The summed E-state index contributed by atoms with van der Waals surface area (Å²) in [5.41, 5.74) is 2.12. The number of benzene rings is 1. The topological polar surface area (TPSA) is 49.8 Å². The van der Waals surface area contributed by atoms with Crippen molar-refractivity contribution in [3.05, 3.63) is 50.9 Å². The molecule has 0 radical (unpaired) electrons. The number of methoxy groups -OCH3 is 1. The molecule has 0 saturated heterocycles. The molecular formula is C17H23ClN4OS. The van der Waals surface area contributed by atoms with Crippen LogP contribution in [-0.2, 0) is 17.8 Å². The van der Waals surface area contributed by atoms with Crippen molar-refractivity contribution >= 4 is 28.9 Å². The van der Waals surface area contributed by atoms with Crippen LogP contribution < -0.4 is 5.32 Å². The van der Waals surface area contributed by atoms with Gasteiger partial charge in [-0.15, -0.1) is 11.3 Å². The summed E-state index contributed by atoms with van der Waals surface area (Å²) in [5.74, 6) is 0.810. The molecule has 5 nitrogen and oxygen atoms in total. The van der Waals surface area contributed by atoms with E-state index in [4.69, 9.17) is 16.3 Å². The maximum atomic E-state index is 6.02. The highest BCUT2D eigenvalue weighted by atomic mass is 35.5. The van der Waals surface area contributed by atoms with Crippen LogP contribution in [0.15, 0.2) is 34.6 Å². The van der Waals surface area contributed by atoms with Crippen molar-refractivity contribution in [1.29, 1.82) is 0 Å². The van der Waals surface area contributed by atoms with E-state index in [1.807, 2.05) is 43.1 Å². The largest absolute Gasteiger partial charge is 0.375 e. The van der Waals surface area contributed by atoms with Gasteiger partial charge in [0.2, 0.25) is 0 Å². The average molecular weight is 367 g/mol. The molecular weight excluding hydrogens is 344 g/mol. The molecule has 0 aliphatic rings. The fraction of sp³-hybridized carbons (Fsp3) is 0.412. The maximum absolute atomic E-state index is 6.02. The monoisotopic (exact) mass is 366 g/mol. The Hall–Kier alpha value is -1.63. The van der Waals surface area contributed by atoms with Crippen LogP contribution in [0.25, 0.3) is 0 Å². The number of hydrogen-bond donors (Lipinski definition) is 1. The third kappa shape index (κ3) is 5.19. The summed E-state index contributed by atoms with van der Waals surface area (Å²) < 4.78 is 5.31. The second kappa shape index (κ2) is 9.01. The molecule has 1 aromatic heterocycles. The van der Waals surface area contributed by atoms with Gasteiger partial charge < -0.3 is 15.0 Å². The van der Waals surface area contributed by atoms with Gasteiger partial charge in [-0.1, -0.05) is 23.7 Å². The number of rotatable bonds is 6. The van der Waals surface area contributed by atoms with Crippen LogP contribution in [0.1, 0.15) is 29.3 Å². The summed E-state index contributed by atoms with van der Waals surface area (Å²) in [5, 5.41) is 7.13. The van der Waals surface area contributed by atoms with Gasteiger partial charge in [0.25, 0.3) is 0 Å². The molecule has 0 bridgehead atoms. The van der Waals surface area contributed by atoms with E-state index >= 15 is 0 Å². The number of hydrogen-bond acceptors (Lipinski definition) is 4. The van der Waals surface area contributed by atoms with Gasteiger partial charge in [0.15, 0.2) is 5.96 Å². The number of aromatic nitrogens is 1. The first kappa shape index (κ1) is 18.7. The first-order chi connectivity index (χ1) is 11.5. The minimum Gasteiger partial charge on any atom is -0.375 e. The first-order valence-corrected chi connectivity index (χ1v) is 8.92. The van der Waals surface area contributed by atoms with Gasteiger partial charge in [-0.2, -0.15) is 0 Å². The van der Waals surface area contributed by atoms with E-state index in [0.29, 0.717) is 13.1 Å². The molecule has 0 aliphatic carbocycles. The van der Waals surface area contributed by atoms with Gasteiger partial charge in [0.05, 0.1) is 12.2 Å². The Morgan fingerprint density at radius 2 is 2.29 bits per heavy atom. The summed E-state index contributed by atoms with van der Waals surface area (Å²) in [6.45, 7) is 3.35. The molecule has 24 heavy (non-hydrogen) atoms. The summed E-state index contributed by atoms with van der Waals surface area (Å²) in [4.78, 5) is 11.0. The molecule has 130 valence electrons. The second-order valence-corrected chi connectivity index (χ2v) is 6.77. The lowest BCUT2D eigenvalue weighted by atomic mass is 10.2. The number of nitrogens with zero attached hydrogens (tertiary/aromatic N) is 3. The minimum absolute atomic E-state index is 0.0225. The Morgan fingerprint density at radius 1 is 1.50 bits per heavy atom. The van der Waals surface area contributed by atoms with Gasteiger partial charge in [-0.05, 0) is 24.6 Å². The number of halogens is 1. The Bertz CT molecular complexity index is 689. The van der Waals surface area contributed by atoms with Gasteiger partial charge in [-0.25, -0.2) is 4.98 Å². The molecule has 1 unspecified atom stereocenters. The third-order valence-corrected chi connectivity index (χ3v) is 4.87. The molecule has 1 N–H and O–H groups in total. The standard InChI is InChI=1S/C17H23ClN4OS/c1-12(23-4)16-21-15(11-24-16)10-22(3)17(19-2)20-9-13-6-5-7-14(18)8-13/h5-8,11-12H,9-10H2,1-4H3,(H,19,20). The minimum atomic E-state index is 0.0225. The van der Waals surface area contributed by atoms with E-state index in [1.165, 1.54) is 0 Å².